The average molecular weight is 333 g/mol. The molecule has 0 radical (unpaired) electrons. The van der Waals surface area contributed by atoms with Gasteiger partial charge in [0.1, 0.15) is 11.6 Å². The molecular formula is C20H31NO3. The molecule has 1 atom stereocenters. The maximum atomic E-state index is 12.3. The molecule has 1 unspecified atom stereocenters. The van der Waals surface area contributed by atoms with Gasteiger partial charge >= 0.3 is 5.97 Å². The number of likely N-dealkylation sites (N-methyl/N-ethyl adjacent to an activating group) is 1. The molecule has 0 heterocycles. The highest BCUT2D eigenvalue weighted by Crippen LogP contribution is 2.15. The summed E-state index contributed by atoms with van der Waals surface area (Å²) in [5.41, 5.74) is 1.80. The SMILES string of the molecule is C/C(=C/COCc1ccccc1)CC(C(=O)OC(C)(C)C)N(C)C. The minimum Gasteiger partial charge on any atom is -0.459 e. The molecule has 0 aliphatic carbocycles. The smallest absolute Gasteiger partial charge is 0.324 e. The molecule has 0 amide bonds. The monoisotopic (exact) mass is 333 g/mol. The molecule has 0 N–H and O–H groups in total. The zero-order chi connectivity index (χ0) is 18.2. The van der Waals surface area contributed by atoms with E-state index in [0.29, 0.717) is 19.6 Å². The lowest BCUT2D eigenvalue weighted by atomic mass is 10.1. The Bertz CT molecular complexity index is 530. The standard InChI is InChI=1S/C20H31NO3/c1-16(12-13-23-15-17-10-8-7-9-11-17)14-18(21(5)6)19(22)24-20(2,3)4/h7-12,18H,13-15H2,1-6H3/b16-12-. The van der Waals surface area contributed by atoms with E-state index >= 15 is 0 Å². The van der Waals surface area contributed by atoms with Crippen LogP contribution >= 0.6 is 0 Å². The molecule has 0 fully saturated rings. The molecule has 4 heteroatoms. The van der Waals surface area contributed by atoms with Crippen LogP contribution in [0.25, 0.3) is 0 Å². The van der Waals surface area contributed by atoms with Crippen molar-refractivity contribution in [2.45, 2.75) is 52.4 Å². The number of hydrogen-bond acceptors (Lipinski definition) is 4. The molecular weight excluding hydrogens is 302 g/mol. The Kier molecular flexibility index (Phi) is 8.16. The first-order chi connectivity index (χ1) is 11.2. The third kappa shape index (κ3) is 8.27. The first-order valence-corrected chi connectivity index (χ1v) is 8.35. The van der Waals surface area contributed by atoms with Gasteiger partial charge in [0.2, 0.25) is 0 Å². The molecule has 4 nitrogen and oxygen atoms in total. The highest BCUT2D eigenvalue weighted by molar-refractivity contribution is 5.76. The highest BCUT2D eigenvalue weighted by atomic mass is 16.6. The van der Waals surface area contributed by atoms with Gasteiger partial charge in [0.05, 0.1) is 13.2 Å². The summed E-state index contributed by atoms with van der Waals surface area (Å²) in [7, 11) is 3.79. The van der Waals surface area contributed by atoms with Gasteiger partial charge in [-0.2, -0.15) is 0 Å². The first kappa shape index (κ1) is 20.4. The molecule has 134 valence electrons. The molecule has 1 aromatic carbocycles. The fraction of sp³-hybridized carbons (Fsp3) is 0.550. The van der Waals surface area contributed by atoms with E-state index in [1.54, 1.807) is 0 Å². The minimum absolute atomic E-state index is 0.189. The van der Waals surface area contributed by atoms with Crippen molar-refractivity contribution in [2.24, 2.45) is 0 Å². The van der Waals surface area contributed by atoms with Crippen LogP contribution in [0.3, 0.4) is 0 Å². The Morgan fingerprint density at radius 1 is 1.21 bits per heavy atom. The quantitative estimate of drug-likeness (QED) is 0.412. The van der Waals surface area contributed by atoms with Crippen molar-refractivity contribution in [3.8, 4) is 0 Å². The van der Waals surface area contributed by atoms with Crippen LogP contribution in [0.5, 0.6) is 0 Å². The van der Waals surface area contributed by atoms with Crippen LogP contribution in [0.1, 0.15) is 39.7 Å². The molecule has 1 aromatic rings. The summed E-state index contributed by atoms with van der Waals surface area (Å²) in [5, 5.41) is 0. The van der Waals surface area contributed by atoms with Crippen LogP contribution in [0.15, 0.2) is 42.0 Å². The predicted molar refractivity (Wildman–Crippen MR) is 97.8 cm³/mol. The topological polar surface area (TPSA) is 38.8 Å². The lowest BCUT2D eigenvalue weighted by Gasteiger charge is -2.27. The lowest BCUT2D eigenvalue weighted by Crippen LogP contribution is -2.40. The molecule has 24 heavy (non-hydrogen) atoms. The Morgan fingerprint density at radius 3 is 2.38 bits per heavy atom. The minimum atomic E-state index is -0.470. The molecule has 0 bridgehead atoms. The molecule has 0 aliphatic rings. The van der Waals surface area contributed by atoms with Crippen LogP contribution in [-0.2, 0) is 20.9 Å². The summed E-state index contributed by atoms with van der Waals surface area (Å²) in [5.74, 6) is -0.189. The molecule has 0 saturated heterocycles. The molecule has 0 spiro atoms. The average Bonchev–Trinajstić information content (AvgIpc) is 2.48. The molecule has 1 rings (SSSR count). The second kappa shape index (κ2) is 9.60. The van der Waals surface area contributed by atoms with Gasteiger partial charge in [0, 0.05) is 0 Å². The summed E-state index contributed by atoms with van der Waals surface area (Å²) >= 11 is 0. The Morgan fingerprint density at radius 2 is 1.83 bits per heavy atom. The van der Waals surface area contributed by atoms with Crippen LogP contribution in [0.4, 0.5) is 0 Å². The lowest BCUT2D eigenvalue weighted by molar-refractivity contribution is -0.160. The third-order valence-corrected chi connectivity index (χ3v) is 3.48. The number of carbonyl (C=O) groups is 1. The number of carbonyl (C=O) groups excluding carboxylic acids is 1. The van der Waals surface area contributed by atoms with Crippen molar-refractivity contribution >= 4 is 5.97 Å². The normalized spacial score (nSPS) is 13.9. The van der Waals surface area contributed by atoms with Crippen molar-refractivity contribution < 1.29 is 14.3 Å². The highest BCUT2D eigenvalue weighted by Gasteiger charge is 2.26. The molecule has 0 aromatic heterocycles. The summed E-state index contributed by atoms with van der Waals surface area (Å²) < 4.78 is 11.2. The second-order valence-corrected chi connectivity index (χ2v) is 7.27. The van der Waals surface area contributed by atoms with E-state index < -0.39 is 5.60 Å². The summed E-state index contributed by atoms with van der Waals surface area (Å²) in [6.07, 6.45) is 2.67. The van der Waals surface area contributed by atoms with E-state index in [-0.39, 0.29) is 12.0 Å². The van der Waals surface area contributed by atoms with Gasteiger partial charge in [-0.15, -0.1) is 0 Å². The number of rotatable bonds is 8. The van der Waals surface area contributed by atoms with Gasteiger partial charge in [0.25, 0.3) is 0 Å². The van der Waals surface area contributed by atoms with Crippen molar-refractivity contribution in [1.29, 1.82) is 0 Å². The maximum absolute atomic E-state index is 12.3. The van der Waals surface area contributed by atoms with Crippen LogP contribution in [-0.4, -0.2) is 43.2 Å². The van der Waals surface area contributed by atoms with Gasteiger partial charge in [-0.05, 0) is 53.8 Å². The number of hydrogen-bond donors (Lipinski definition) is 0. The van der Waals surface area contributed by atoms with Gasteiger partial charge in [-0.1, -0.05) is 42.0 Å². The van der Waals surface area contributed by atoms with E-state index in [1.165, 1.54) is 0 Å². The number of benzene rings is 1. The van der Waals surface area contributed by atoms with Crippen LogP contribution in [0, 0.1) is 0 Å². The van der Waals surface area contributed by atoms with E-state index in [2.05, 4.69) is 0 Å². The van der Waals surface area contributed by atoms with E-state index in [4.69, 9.17) is 9.47 Å². The summed E-state index contributed by atoms with van der Waals surface area (Å²) in [6, 6.07) is 9.80. The van der Waals surface area contributed by atoms with Crippen molar-refractivity contribution in [3.05, 3.63) is 47.5 Å². The third-order valence-electron chi connectivity index (χ3n) is 3.48. The Balaban J connectivity index is 2.49. The maximum Gasteiger partial charge on any atom is 0.324 e. The number of ether oxygens (including phenoxy) is 2. The molecule has 0 saturated carbocycles. The second-order valence-electron chi connectivity index (χ2n) is 7.27. The largest absolute Gasteiger partial charge is 0.459 e. The number of esters is 1. The Labute approximate surface area is 146 Å². The van der Waals surface area contributed by atoms with Crippen molar-refractivity contribution in [3.63, 3.8) is 0 Å². The zero-order valence-corrected chi connectivity index (χ0v) is 15.8. The van der Waals surface area contributed by atoms with E-state index in [1.807, 2.05) is 83.1 Å². The number of nitrogens with zero attached hydrogens (tertiary/aromatic N) is 1. The van der Waals surface area contributed by atoms with Crippen LogP contribution in [0.2, 0.25) is 0 Å². The first-order valence-electron chi connectivity index (χ1n) is 8.35. The zero-order valence-electron chi connectivity index (χ0n) is 15.8. The Hall–Kier alpha value is -1.65. The van der Waals surface area contributed by atoms with Gasteiger partial charge in [0.15, 0.2) is 0 Å². The summed E-state index contributed by atoms with van der Waals surface area (Å²) in [6.45, 7) is 8.81. The predicted octanol–water partition coefficient (Wildman–Crippen LogP) is 3.81. The molecule has 0 aliphatic heterocycles. The summed E-state index contributed by atoms with van der Waals surface area (Å²) in [4.78, 5) is 14.2. The van der Waals surface area contributed by atoms with Crippen molar-refractivity contribution in [1.82, 2.24) is 4.90 Å². The fourth-order valence-corrected chi connectivity index (χ4v) is 2.19. The van der Waals surface area contributed by atoms with Crippen LogP contribution < -0.4 is 0 Å². The van der Waals surface area contributed by atoms with Gasteiger partial charge < -0.3 is 9.47 Å². The van der Waals surface area contributed by atoms with E-state index in [9.17, 15) is 4.79 Å². The van der Waals surface area contributed by atoms with Crippen molar-refractivity contribution in [2.75, 3.05) is 20.7 Å². The fourth-order valence-electron chi connectivity index (χ4n) is 2.19. The van der Waals surface area contributed by atoms with Gasteiger partial charge in [-0.3, -0.25) is 9.69 Å². The van der Waals surface area contributed by atoms with E-state index in [0.717, 1.165) is 11.1 Å². The van der Waals surface area contributed by atoms with Gasteiger partial charge in [-0.25, -0.2) is 0 Å².